The third kappa shape index (κ3) is 81.6. The first kappa shape index (κ1) is 106. The first-order valence-corrected chi connectivity index (χ1v) is 45.3. The van der Waals surface area contributed by atoms with Gasteiger partial charge in [0.1, 0.15) is 19.3 Å². The van der Waals surface area contributed by atoms with Gasteiger partial charge < -0.3 is 33.8 Å². The van der Waals surface area contributed by atoms with Crippen molar-refractivity contribution in [3.05, 3.63) is 207 Å². The average Bonchev–Trinajstić information content (AvgIpc) is 0.898. The molecule has 0 bridgehead atoms. The lowest BCUT2D eigenvalue weighted by atomic mass is 10.1. The van der Waals surface area contributed by atoms with Crippen LogP contribution in [0.1, 0.15) is 297 Å². The fourth-order valence-electron chi connectivity index (χ4n) is 10.4. The zero-order valence-electron chi connectivity index (χ0n) is 69.3. The second kappa shape index (κ2) is 82.6. The van der Waals surface area contributed by atoms with Gasteiger partial charge in [0.25, 0.3) is 0 Å². The van der Waals surface area contributed by atoms with E-state index in [9.17, 15) is 43.2 Å². The van der Waals surface area contributed by atoms with E-state index in [0.29, 0.717) is 25.7 Å². The molecule has 0 amide bonds. The SMILES string of the molecule is CC/C=C\C/C=C\C/C=C\C/C=C\C/C=C\CCCCCC(=O)OCC(COP(=O)(O)OCC(O)COP(=O)(O)OCC(COC(=O)CCCCCCCC/C=C\C/C=C\C/C=C\CCCCC)OC(=O)C/C=C\C/C=C\C/C=C\C/C=C\C/C=C\CC)OC(=O)CCCCCCCC/C=C\C/C=C\C/C=C\C/C=C\CC. The molecule has 0 aromatic rings. The van der Waals surface area contributed by atoms with Gasteiger partial charge in [-0.25, -0.2) is 9.13 Å². The minimum atomic E-state index is -5.02. The number of esters is 4. The Bertz CT molecular complexity index is 2940. The van der Waals surface area contributed by atoms with Crippen LogP contribution in [0.15, 0.2) is 207 Å². The maximum atomic E-state index is 13.1. The fraction of sp³-hybridized carbons (Fsp3) is 0.591. The van der Waals surface area contributed by atoms with Crippen LogP contribution in [0, 0.1) is 0 Å². The average molecular weight is 1600 g/mol. The van der Waals surface area contributed by atoms with Crippen LogP contribution in [-0.2, 0) is 65.4 Å². The van der Waals surface area contributed by atoms with E-state index >= 15 is 0 Å². The summed E-state index contributed by atoms with van der Waals surface area (Å²) in [6.45, 7) is 4.31. The van der Waals surface area contributed by atoms with Crippen LogP contribution in [-0.4, -0.2) is 96.7 Å². The van der Waals surface area contributed by atoms with Crippen molar-refractivity contribution < 1.29 is 80.2 Å². The van der Waals surface area contributed by atoms with Crippen molar-refractivity contribution in [2.24, 2.45) is 0 Å². The summed E-state index contributed by atoms with van der Waals surface area (Å²) in [5, 5.41) is 10.7. The molecule has 0 aliphatic carbocycles. The van der Waals surface area contributed by atoms with Crippen molar-refractivity contribution in [1.29, 1.82) is 0 Å². The first-order valence-electron chi connectivity index (χ1n) is 42.3. The van der Waals surface area contributed by atoms with Gasteiger partial charge in [0.2, 0.25) is 0 Å². The highest BCUT2D eigenvalue weighted by Crippen LogP contribution is 2.45. The summed E-state index contributed by atoms with van der Waals surface area (Å²) in [5.74, 6) is -2.41. The maximum absolute atomic E-state index is 13.1. The molecule has 3 N–H and O–H groups in total. The molecule has 0 rings (SSSR count). The molecule has 112 heavy (non-hydrogen) atoms. The minimum absolute atomic E-state index is 0.0594. The van der Waals surface area contributed by atoms with Crippen LogP contribution < -0.4 is 0 Å². The summed E-state index contributed by atoms with van der Waals surface area (Å²) >= 11 is 0. The number of unbranched alkanes of at least 4 members (excludes halogenated alkanes) is 18. The Morgan fingerprint density at radius 1 is 0.268 bits per heavy atom. The topological polar surface area (TPSA) is 237 Å². The van der Waals surface area contributed by atoms with Gasteiger partial charge in [-0.2, -0.15) is 0 Å². The molecule has 0 aromatic heterocycles. The normalized spacial score (nSPS) is 14.8. The number of carbonyl (C=O) groups excluding carboxylic acids is 4. The van der Waals surface area contributed by atoms with Crippen molar-refractivity contribution in [2.75, 3.05) is 39.6 Å². The van der Waals surface area contributed by atoms with E-state index in [0.717, 1.165) is 199 Å². The molecule has 0 aromatic carbocycles. The van der Waals surface area contributed by atoms with Crippen LogP contribution in [0.4, 0.5) is 0 Å². The minimum Gasteiger partial charge on any atom is -0.462 e. The standard InChI is InChI=1S/C93H148O17P2/c1-5-9-13-17-21-25-29-33-37-40-43-46-50-53-57-61-65-69-73-77-90(95)103-83-88(109-92(97)79-75-71-67-63-59-55-49-36-32-28-24-20-16-12-8-4)85-107-111(99,100)105-81-87(94)82-106-112(101,102)108-86-89(110-93(98)80-76-72-68-64-60-56-52-48-45-42-39-35-31-27-23-19-15-11-7-3)84-104-91(96)78-74-70-66-62-58-54-51-47-44-41-38-34-30-26-22-18-14-10-6-2/h10-12,14-16,21-28,33-39,43-49,54,58-59,63,71,75,87-89,94H,5-9,13,17-20,29-32,40-42,50-53,55-57,60-62,64-70,72-74,76-86H2,1-4H3,(H,99,100)(H,101,102)/b14-10-,15-11-,16-12-,25-21-,26-22-,27-23-,28-24-,37-33-,38-34-,39-35-,46-43-,47-44-,48-45-,49-36-,58-54-,63-59-,75-71-. The van der Waals surface area contributed by atoms with Crippen molar-refractivity contribution >= 4 is 39.5 Å². The molecule has 0 saturated heterocycles. The summed E-state index contributed by atoms with van der Waals surface area (Å²) in [4.78, 5) is 73.2. The monoisotopic (exact) mass is 1600 g/mol. The molecule has 632 valence electrons. The van der Waals surface area contributed by atoms with Gasteiger partial charge in [0, 0.05) is 19.3 Å². The second-order valence-electron chi connectivity index (χ2n) is 27.3. The Kier molecular flexibility index (Phi) is 77.9. The largest absolute Gasteiger partial charge is 0.472 e. The maximum Gasteiger partial charge on any atom is 0.472 e. The van der Waals surface area contributed by atoms with Crippen molar-refractivity contribution in [2.45, 2.75) is 316 Å². The Balaban J connectivity index is 5.52. The third-order valence-electron chi connectivity index (χ3n) is 16.8. The van der Waals surface area contributed by atoms with Gasteiger partial charge in [-0.15, -0.1) is 0 Å². The summed E-state index contributed by atoms with van der Waals surface area (Å²) in [7, 11) is -10.0. The number of carbonyl (C=O) groups is 4. The zero-order valence-corrected chi connectivity index (χ0v) is 71.0. The summed E-state index contributed by atoms with van der Waals surface area (Å²) in [5.41, 5.74) is 0. The highest BCUT2D eigenvalue weighted by atomic mass is 31.2. The van der Waals surface area contributed by atoms with Gasteiger partial charge in [-0.1, -0.05) is 305 Å². The number of phosphoric ester groups is 2. The molecule has 5 unspecified atom stereocenters. The number of hydrogen-bond donors (Lipinski definition) is 3. The van der Waals surface area contributed by atoms with E-state index < -0.39 is 97.5 Å². The van der Waals surface area contributed by atoms with Crippen molar-refractivity contribution in [3.8, 4) is 0 Å². The number of aliphatic hydroxyl groups is 1. The van der Waals surface area contributed by atoms with Crippen LogP contribution in [0.3, 0.4) is 0 Å². The number of hydrogen-bond acceptors (Lipinski definition) is 15. The van der Waals surface area contributed by atoms with Gasteiger partial charge in [-0.3, -0.25) is 37.3 Å². The molecule has 0 aliphatic rings. The van der Waals surface area contributed by atoms with Gasteiger partial charge >= 0.3 is 39.5 Å². The Hall–Kier alpha value is -6.36. The van der Waals surface area contributed by atoms with Gasteiger partial charge in [0.15, 0.2) is 12.2 Å². The number of aliphatic hydroxyl groups excluding tert-OH is 1. The predicted molar refractivity (Wildman–Crippen MR) is 463 cm³/mol. The highest BCUT2D eigenvalue weighted by molar-refractivity contribution is 7.47. The molecular weight excluding hydrogens is 1450 g/mol. The smallest absolute Gasteiger partial charge is 0.462 e. The summed E-state index contributed by atoms with van der Waals surface area (Å²) in [6.07, 6.45) is 104. The molecule has 0 fully saturated rings. The van der Waals surface area contributed by atoms with E-state index in [4.69, 9.17) is 37.0 Å². The summed E-state index contributed by atoms with van der Waals surface area (Å²) in [6, 6.07) is 0. The summed E-state index contributed by atoms with van der Waals surface area (Å²) < 4.78 is 68.6. The molecule has 19 heteroatoms. The van der Waals surface area contributed by atoms with Crippen LogP contribution in [0.5, 0.6) is 0 Å². The number of allylic oxidation sites excluding steroid dienone is 33. The molecule has 0 spiro atoms. The molecule has 0 radical (unpaired) electrons. The number of ether oxygens (including phenoxy) is 4. The molecular formula is C93H148O17P2. The molecule has 0 saturated carbocycles. The van der Waals surface area contributed by atoms with E-state index in [2.05, 4.69) is 210 Å². The first-order chi connectivity index (χ1) is 54.7. The lowest BCUT2D eigenvalue weighted by Gasteiger charge is -2.21. The number of rotatable bonds is 77. The van der Waals surface area contributed by atoms with E-state index in [1.54, 1.807) is 12.2 Å². The Labute approximate surface area is 678 Å². The molecule has 5 atom stereocenters. The predicted octanol–water partition coefficient (Wildman–Crippen LogP) is 25.4. The lowest BCUT2D eigenvalue weighted by Crippen LogP contribution is -2.30. The van der Waals surface area contributed by atoms with E-state index in [1.165, 1.54) is 19.3 Å². The van der Waals surface area contributed by atoms with Gasteiger partial charge in [0.05, 0.1) is 32.8 Å². The fourth-order valence-corrected chi connectivity index (χ4v) is 12.0. The third-order valence-corrected chi connectivity index (χ3v) is 18.7. The van der Waals surface area contributed by atoms with Crippen LogP contribution >= 0.6 is 15.6 Å². The Morgan fingerprint density at radius 2 is 0.500 bits per heavy atom. The number of phosphoric acid groups is 2. The van der Waals surface area contributed by atoms with E-state index in [-0.39, 0.29) is 25.7 Å². The molecule has 0 aliphatic heterocycles. The van der Waals surface area contributed by atoms with Crippen molar-refractivity contribution in [1.82, 2.24) is 0 Å². The van der Waals surface area contributed by atoms with Crippen LogP contribution in [0.25, 0.3) is 0 Å². The quantitative estimate of drug-likeness (QED) is 0.0169. The zero-order chi connectivity index (χ0) is 81.7. The highest BCUT2D eigenvalue weighted by Gasteiger charge is 2.30. The lowest BCUT2D eigenvalue weighted by molar-refractivity contribution is -0.161. The molecule has 0 heterocycles. The van der Waals surface area contributed by atoms with Crippen LogP contribution in [0.2, 0.25) is 0 Å². The second-order valence-corrected chi connectivity index (χ2v) is 30.2. The van der Waals surface area contributed by atoms with E-state index in [1.807, 2.05) is 12.2 Å². The Morgan fingerprint density at radius 3 is 0.804 bits per heavy atom. The van der Waals surface area contributed by atoms with Crippen molar-refractivity contribution in [3.63, 3.8) is 0 Å². The molecule has 17 nitrogen and oxygen atoms in total. The van der Waals surface area contributed by atoms with Gasteiger partial charge in [-0.05, 0) is 173 Å².